The Bertz CT molecular complexity index is 302. The first kappa shape index (κ1) is 12.2. The number of aliphatic hydroxyl groups is 3. The standard InChI is InChI=1S/C12H18O3/c1-8-4-3-5-9(2)11(8)12(15)10(14)6-7-13/h3-5,10,12-15H,6-7H2,1-2H3. The smallest absolute Gasteiger partial charge is 0.105 e. The fraction of sp³-hybridized carbons (Fsp3) is 0.500. The highest BCUT2D eigenvalue weighted by Crippen LogP contribution is 2.25. The molecule has 2 atom stereocenters. The van der Waals surface area contributed by atoms with Crippen molar-refractivity contribution in [2.24, 2.45) is 0 Å². The van der Waals surface area contributed by atoms with Crippen molar-refractivity contribution in [2.75, 3.05) is 6.61 Å². The minimum absolute atomic E-state index is 0.122. The van der Waals surface area contributed by atoms with Crippen molar-refractivity contribution in [2.45, 2.75) is 32.5 Å². The second-order valence-corrected chi connectivity index (χ2v) is 3.83. The number of aryl methyl sites for hydroxylation is 2. The Morgan fingerprint density at radius 1 is 1.13 bits per heavy atom. The van der Waals surface area contributed by atoms with Gasteiger partial charge < -0.3 is 15.3 Å². The fourth-order valence-corrected chi connectivity index (χ4v) is 1.78. The summed E-state index contributed by atoms with van der Waals surface area (Å²) in [7, 11) is 0. The molecule has 2 unspecified atom stereocenters. The zero-order chi connectivity index (χ0) is 11.4. The van der Waals surface area contributed by atoms with Crippen molar-refractivity contribution in [3.8, 4) is 0 Å². The van der Waals surface area contributed by atoms with Crippen LogP contribution < -0.4 is 0 Å². The summed E-state index contributed by atoms with van der Waals surface area (Å²) >= 11 is 0. The van der Waals surface area contributed by atoms with Gasteiger partial charge in [-0.05, 0) is 37.0 Å². The second-order valence-electron chi connectivity index (χ2n) is 3.83. The minimum atomic E-state index is -0.918. The van der Waals surface area contributed by atoms with E-state index in [4.69, 9.17) is 5.11 Å². The summed E-state index contributed by atoms with van der Waals surface area (Å²) in [6, 6.07) is 5.72. The second kappa shape index (κ2) is 5.26. The molecule has 0 saturated heterocycles. The molecule has 1 aromatic rings. The maximum absolute atomic E-state index is 9.92. The Balaban J connectivity index is 2.94. The molecule has 0 heterocycles. The molecule has 0 aliphatic rings. The summed E-state index contributed by atoms with van der Waals surface area (Å²) in [5.74, 6) is 0. The highest BCUT2D eigenvalue weighted by molar-refractivity contribution is 5.35. The van der Waals surface area contributed by atoms with Crippen LogP contribution in [-0.2, 0) is 0 Å². The zero-order valence-corrected chi connectivity index (χ0v) is 9.14. The van der Waals surface area contributed by atoms with Crippen LogP contribution in [0.15, 0.2) is 18.2 Å². The van der Waals surface area contributed by atoms with Crippen molar-refractivity contribution in [3.63, 3.8) is 0 Å². The molecule has 0 saturated carbocycles. The topological polar surface area (TPSA) is 60.7 Å². The Morgan fingerprint density at radius 3 is 2.13 bits per heavy atom. The van der Waals surface area contributed by atoms with E-state index in [1.807, 2.05) is 32.0 Å². The predicted molar refractivity (Wildman–Crippen MR) is 58.6 cm³/mol. The lowest BCUT2D eigenvalue weighted by Gasteiger charge is -2.21. The van der Waals surface area contributed by atoms with Gasteiger partial charge in [-0.25, -0.2) is 0 Å². The zero-order valence-electron chi connectivity index (χ0n) is 9.14. The van der Waals surface area contributed by atoms with Crippen LogP contribution in [0.4, 0.5) is 0 Å². The van der Waals surface area contributed by atoms with Gasteiger partial charge in [0.15, 0.2) is 0 Å². The average molecular weight is 210 g/mol. The van der Waals surface area contributed by atoms with Crippen molar-refractivity contribution in [1.82, 2.24) is 0 Å². The first-order valence-electron chi connectivity index (χ1n) is 5.11. The largest absolute Gasteiger partial charge is 0.396 e. The van der Waals surface area contributed by atoms with Crippen LogP contribution in [0, 0.1) is 13.8 Å². The average Bonchev–Trinajstić information content (AvgIpc) is 2.17. The van der Waals surface area contributed by atoms with E-state index in [0.717, 1.165) is 16.7 Å². The van der Waals surface area contributed by atoms with Crippen molar-refractivity contribution in [3.05, 3.63) is 34.9 Å². The molecule has 0 spiro atoms. The van der Waals surface area contributed by atoms with Gasteiger partial charge in [0.25, 0.3) is 0 Å². The predicted octanol–water partition coefficient (Wildman–Crippen LogP) is 1.08. The van der Waals surface area contributed by atoms with E-state index in [1.165, 1.54) is 0 Å². The molecule has 0 bridgehead atoms. The van der Waals surface area contributed by atoms with Crippen LogP contribution in [0.5, 0.6) is 0 Å². The molecule has 0 aliphatic heterocycles. The molecule has 3 heteroatoms. The summed E-state index contributed by atoms with van der Waals surface area (Å²) in [4.78, 5) is 0. The Hall–Kier alpha value is -0.900. The van der Waals surface area contributed by atoms with E-state index in [-0.39, 0.29) is 13.0 Å². The Morgan fingerprint density at radius 2 is 1.67 bits per heavy atom. The van der Waals surface area contributed by atoms with Crippen LogP contribution in [0.25, 0.3) is 0 Å². The Labute approximate surface area is 90.0 Å². The van der Waals surface area contributed by atoms with E-state index in [1.54, 1.807) is 0 Å². The molecule has 0 radical (unpaired) electrons. The molecule has 0 fully saturated rings. The molecule has 1 rings (SSSR count). The summed E-state index contributed by atoms with van der Waals surface area (Å²) < 4.78 is 0. The van der Waals surface area contributed by atoms with Gasteiger partial charge in [0.1, 0.15) is 6.10 Å². The Kier molecular flexibility index (Phi) is 4.27. The van der Waals surface area contributed by atoms with Crippen LogP contribution in [-0.4, -0.2) is 28.0 Å². The minimum Gasteiger partial charge on any atom is -0.396 e. The molecule has 3 nitrogen and oxygen atoms in total. The number of rotatable bonds is 4. The lowest BCUT2D eigenvalue weighted by molar-refractivity contribution is 0.00355. The van der Waals surface area contributed by atoms with Gasteiger partial charge in [0.05, 0.1) is 6.10 Å². The lowest BCUT2D eigenvalue weighted by atomic mass is 9.94. The van der Waals surface area contributed by atoms with Crippen molar-refractivity contribution >= 4 is 0 Å². The lowest BCUT2D eigenvalue weighted by Crippen LogP contribution is -2.21. The number of hydrogen-bond acceptors (Lipinski definition) is 3. The highest BCUT2D eigenvalue weighted by atomic mass is 16.3. The van der Waals surface area contributed by atoms with E-state index in [9.17, 15) is 10.2 Å². The van der Waals surface area contributed by atoms with Gasteiger partial charge in [-0.1, -0.05) is 18.2 Å². The molecular weight excluding hydrogens is 192 g/mol. The first-order chi connectivity index (χ1) is 7.07. The number of aliphatic hydroxyl groups excluding tert-OH is 3. The number of benzene rings is 1. The normalized spacial score (nSPS) is 15.0. The van der Waals surface area contributed by atoms with Crippen LogP contribution in [0.1, 0.15) is 29.2 Å². The molecule has 15 heavy (non-hydrogen) atoms. The molecule has 0 amide bonds. The molecule has 3 N–H and O–H groups in total. The van der Waals surface area contributed by atoms with Crippen LogP contribution in [0.2, 0.25) is 0 Å². The van der Waals surface area contributed by atoms with E-state index >= 15 is 0 Å². The first-order valence-corrected chi connectivity index (χ1v) is 5.11. The van der Waals surface area contributed by atoms with Crippen molar-refractivity contribution < 1.29 is 15.3 Å². The number of hydrogen-bond donors (Lipinski definition) is 3. The maximum atomic E-state index is 9.92. The van der Waals surface area contributed by atoms with E-state index in [2.05, 4.69) is 0 Å². The summed E-state index contributed by atoms with van der Waals surface area (Å²) in [5.41, 5.74) is 2.68. The monoisotopic (exact) mass is 210 g/mol. The molecule has 84 valence electrons. The third-order valence-electron chi connectivity index (χ3n) is 2.63. The van der Waals surface area contributed by atoms with Gasteiger partial charge in [-0.2, -0.15) is 0 Å². The molecule has 1 aromatic carbocycles. The third kappa shape index (κ3) is 2.78. The van der Waals surface area contributed by atoms with Gasteiger partial charge in [-0.15, -0.1) is 0 Å². The van der Waals surface area contributed by atoms with Crippen molar-refractivity contribution in [1.29, 1.82) is 0 Å². The van der Waals surface area contributed by atoms with Gasteiger partial charge >= 0.3 is 0 Å². The third-order valence-corrected chi connectivity index (χ3v) is 2.63. The van der Waals surface area contributed by atoms with E-state index in [0.29, 0.717) is 0 Å². The summed E-state index contributed by atoms with van der Waals surface area (Å²) in [6.45, 7) is 3.68. The quantitative estimate of drug-likeness (QED) is 0.697. The van der Waals surface area contributed by atoms with Gasteiger partial charge in [-0.3, -0.25) is 0 Å². The van der Waals surface area contributed by atoms with Gasteiger partial charge in [0.2, 0.25) is 0 Å². The van der Waals surface area contributed by atoms with Crippen LogP contribution in [0.3, 0.4) is 0 Å². The highest BCUT2D eigenvalue weighted by Gasteiger charge is 2.20. The summed E-state index contributed by atoms with van der Waals surface area (Å²) in [5, 5.41) is 28.2. The molecule has 0 aromatic heterocycles. The molecular formula is C12H18O3. The molecule has 0 aliphatic carbocycles. The maximum Gasteiger partial charge on any atom is 0.105 e. The van der Waals surface area contributed by atoms with Gasteiger partial charge in [0, 0.05) is 6.61 Å². The van der Waals surface area contributed by atoms with E-state index < -0.39 is 12.2 Å². The summed E-state index contributed by atoms with van der Waals surface area (Å²) in [6.07, 6.45) is -1.64. The SMILES string of the molecule is Cc1cccc(C)c1C(O)C(O)CCO. The van der Waals surface area contributed by atoms with Crippen LogP contribution >= 0.6 is 0 Å². The fourth-order valence-electron chi connectivity index (χ4n) is 1.78.